The standard InChI is InChI=1S/C20H22N2O6S/c1-13-3-2-4-15(11-13)14-5-7-16(8-6-14)29(27,28)17-9-10-22(19(21)25)12-20(17,26)18(23)24/h2-8,11,17,26H,9-10,12H2,1H3,(H2,21,25)(H,23,24). The van der Waals surface area contributed by atoms with Crippen molar-refractivity contribution >= 4 is 21.8 Å². The zero-order valence-corrected chi connectivity index (χ0v) is 16.6. The van der Waals surface area contributed by atoms with E-state index < -0.39 is 39.2 Å². The fourth-order valence-corrected chi connectivity index (χ4v) is 5.56. The van der Waals surface area contributed by atoms with Crippen LogP contribution >= 0.6 is 0 Å². The predicted octanol–water partition coefficient (Wildman–Crippen LogP) is 1.40. The van der Waals surface area contributed by atoms with E-state index in [0.29, 0.717) is 0 Å². The zero-order valence-electron chi connectivity index (χ0n) is 15.8. The quantitative estimate of drug-likeness (QED) is 0.686. The molecule has 2 unspecified atom stereocenters. The Morgan fingerprint density at radius 1 is 1.14 bits per heavy atom. The number of rotatable bonds is 4. The van der Waals surface area contributed by atoms with Gasteiger partial charge < -0.3 is 20.8 Å². The number of carbonyl (C=O) groups is 2. The van der Waals surface area contributed by atoms with Gasteiger partial charge in [0.25, 0.3) is 0 Å². The summed E-state index contributed by atoms with van der Waals surface area (Å²) >= 11 is 0. The summed E-state index contributed by atoms with van der Waals surface area (Å²) in [5.41, 5.74) is 5.31. The highest BCUT2D eigenvalue weighted by Crippen LogP contribution is 2.33. The molecule has 2 amide bonds. The number of nitrogens with zero attached hydrogens (tertiary/aromatic N) is 1. The fraction of sp³-hybridized carbons (Fsp3) is 0.300. The van der Waals surface area contributed by atoms with E-state index in [9.17, 15) is 28.2 Å². The van der Waals surface area contributed by atoms with Crippen LogP contribution in [-0.4, -0.2) is 59.5 Å². The van der Waals surface area contributed by atoms with E-state index >= 15 is 0 Å². The van der Waals surface area contributed by atoms with Crippen LogP contribution in [-0.2, 0) is 14.6 Å². The van der Waals surface area contributed by atoms with E-state index in [2.05, 4.69) is 0 Å². The van der Waals surface area contributed by atoms with Gasteiger partial charge in [0.2, 0.25) is 0 Å². The Morgan fingerprint density at radius 3 is 2.34 bits per heavy atom. The molecule has 1 aliphatic heterocycles. The number of carboxylic acids is 1. The van der Waals surface area contributed by atoms with Gasteiger partial charge in [-0.15, -0.1) is 0 Å². The van der Waals surface area contributed by atoms with Gasteiger partial charge in [-0.2, -0.15) is 0 Å². The van der Waals surface area contributed by atoms with Crippen molar-refractivity contribution in [3.63, 3.8) is 0 Å². The van der Waals surface area contributed by atoms with Crippen molar-refractivity contribution in [2.45, 2.75) is 29.1 Å². The lowest BCUT2D eigenvalue weighted by Gasteiger charge is -2.40. The van der Waals surface area contributed by atoms with E-state index in [1.165, 1.54) is 12.1 Å². The number of hydrogen-bond acceptors (Lipinski definition) is 5. The molecule has 8 nitrogen and oxygen atoms in total. The van der Waals surface area contributed by atoms with E-state index in [1.807, 2.05) is 31.2 Å². The van der Waals surface area contributed by atoms with Crippen molar-refractivity contribution in [3.8, 4) is 11.1 Å². The molecular formula is C20H22N2O6S. The summed E-state index contributed by atoms with van der Waals surface area (Å²) in [5.74, 6) is -1.71. The number of piperidine rings is 1. The second-order valence-electron chi connectivity index (χ2n) is 7.21. The van der Waals surface area contributed by atoms with E-state index in [0.717, 1.165) is 21.6 Å². The predicted molar refractivity (Wildman–Crippen MR) is 106 cm³/mol. The lowest BCUT2D eigenvalue weighted by atomic mass is 9.92. The third-order valence-electron chi connectivity index (χ3n) is 5.22. The van der Waals surface area contributed by atoms with Gasteiger partial charge in [-0.25, -0.2) is 18.0 Å². The summed E-state index contributed by atoms with van der Waals surface area (Å²) in [7, 11) is -4.18. The van der Waals surface area contributed by atoms with Gasteiger partial charge in [0, 0.05) is 6.54 Å². The van der Waals surface area contributed by atoms with Crippen LogP contribution in [0.4, 0.5) is 4.79 Å². The van der Waals surface area contributed by atoms with Crippen molar-refractivity contribution in [2.24, 2.45) is 5.73 Å². The zero-order chi connectivity index (χ0) is 21.4. The van der Waals surface area contributed by atoms with Gasteiger partial charge in [0.1, 0.15) is 5.25 Å². The number of aryl methyl sites for hydroxylation is 1. The number of hydrogen-bond donors (Lipinski definition) is 3. The second kappa shape index (κ2) is 7.49. The Hall–Kier alpha value is -2.91. The maximum Gasteiger partial charge on any atom is 0.338 e. The fourth-order valence-electron chi connectivity index (χ4n) is 3.61. The van der Waals surface area contributed by atoms with Crippen molar-refractivity contribution in [3.05, 3.63) is 54.1 Å². The molecule has 0 aromatic heterocycles. The number of aliphatic carboxylic acids is 1. The number of likely N-dealkylation sites (tertiary alicyclic amines) is 1. The molecule has 2 atom stereocenters. The van der Waals surface area contributed by atoms with E-state index in [1.54, 1.807) is 12.1 Å². The molecule has 0 radical (unpaired) electrons. The van der Waals surface area contributed by atoms with Crippen LogP contribution < -0.4 is 5.73 Å². The first-order valence-electron chi connectivity index (χ1n) is 8.97. The average molecular weight is 418 g/mol. The first kappa shape index (κ1) is 20.8. The summed E-state index contributed by atoms with van der Waals surface area (Å²) in [6.07, 6.45) is -0.242. The maximum absolute atomic E-state index is 13.1. The number of benzene rings is 2. The van der Waals surface area contributed by atoms with E-state index in [4.69, 9.17) is 5.73 Å². The van der Waals surface area contributed by atoms with Gasteiger partial charge in [0.05, 0.1) is 11.4 Å². The Morgan fingerprint density at radius 2 is 1.79 bits per heavy atom. The maximum atomic E-state index is 13.1. The van der Waals surface area contributed by atoms with Crippen LogP contribution in [0.25, 0.3) is 11.1 Å². The minimum atomic E-state index is -4.18. The summed E-state index contributed by atoms with van der Waals surface area (Å²) in [5, 5.41) is 18.6. The molecule has 29 heavy (non-hydrogen) atoms. The molecule has 154 valence electrons. The molecule has 4 N–H and O–H groups in total. The van der Waals surface area contributed by atoms with Crippen molar-refractivity contribution in [2.75, 3.05) is 13.1 Å². The third-order valence-corrected chi connectivity index (χ3v) is 7.52. The number of amides is 2. The molecule has 2 aromatic rings. The number of carboxylic acid groups (broad SMARTS) is 1. The second-order valence-corrected chi connectivity index (χ2v) is 9.34. The number of aliphatic hydroxyl groups is 1. The molecule has 2 aromatic carbocycles. The largest absolute Gasteiger partial charge is 0.479 e. The molecule has 9 heteroatoms. The lowest BCUT2D eigenvalue weighted by molar-refractivity contribution is -0.162. The Balaban J connectivity index is 1.95. The first-order chi connectivity index (χ1) is 13.6. The summed E-state index contributed by atoms with van der Waals surface area (Å²) < 4.78 is 26.3. The minimum absolute atomic E-state index is 0.0593. The molecule has 0 aliphatic carbocycles. The highest BCUT2D eigenvalue weighted by Gasteiger charge is 2.55. The summed E-state index contributed by atoms with van der Waals surface area (Å²) in [6, 6.07) is 12.9. The summed E-state index contributed by atoms with van der Waals surface area (Å²) in [4.78, 5) is 23.9. The van der Waals surface area contributed by atoms with E-state index in [-0.39, 0.29) is 17.9 Å². The van der Waals surface area contributed by atoms with Gasteiger partial charge in [-0.1, -0.05) is 42.0 Å². The normalized spacial score (nSPS) is 22.3. The minimum Gasteiger partial charge on any atom is -0.479 e. The van der Waals surface area contributed by atoms with Crippen molar-refractivity contribution < 1.29 is 28.2 Å². The van der Waals surface area contributed by atoms with Gasteiger partial charge >= 0.3 is 12.0 Å². The third kappa shape index (κ3) is 3.83. The summed E-state index contributed by atoms with van der Waals surface area (Å²) in [6.45, 7) is 1.20. The van der Waals surface area contributed by atoms with Crippen LogP contribution in [0.1, 0.15) is 12.0 Å². The SMILES string of the molecule is Cc1cccc(-c2ccc(S(=O)(=O)C3CCN(C(N)=O)CC3(O)C(=O)O)cc2)c1. The molecule has 1 heterocycles. The molecule has 1 saturated heterocycles. The Kier molecular flexibility index (Phi) is 5.38. The topological polar surface area (TPSA) is 138 Å². The number of primary amides is 1. The number of urea groups is 1. The van der Waals surface area contributed by atoms with Crippen molar-refractivity contribution in [1.29, 1.82) is 0 Å². The number of β-amino-alcohol motifs (C(OH)–C–C–N with tert-alkyl or cyclic N) is 1. The smallest absolute Gasteiger partial charge is 0.338 e. The van der Waals surface area contributed by atoms with Gasteiger partial charge in [0.15, 0.2) is 15.4 Å². The number of nitrogens with two attached hydrogens (primary N) is 1. The molecule has 3 rings (SSSR count). The number of sulfone groups is 1. The first-order valence-corrected chi connectivity index (χ1v) is 10.5. The molecular weight excluding hydrogens is 396 g/mol. The highest BCUT2D eigenvalue weighted by molar-refractivity contribution is 7.92. The van der Waals surface area contributed by atoms with Gasteiger partial charge in [-0.3, -0.25) is 0 Å². The molecule has 1 fully saturated rings. The van der Waals surface area contributed by atoms with Gasteiger partial charge in [-0.05, 0) is 36.6 Å². The molecule has 0 spiro atoms. The molecule has 1 aliphatic rings. The average Bonchev–Trinajstić information content (AvgIpc) is 2.67. The van der Waals surface area contributed by atoms with Crippen LogP contribution in [0.2, 0.25) is 0 Å². The highest BCUT2D eigenvalue weighted by atomic mass is 32.2. The monoisotopic (exact) mass is 418 g/mol. The van der Waals surface area contributed by atoms with Crippen LogP contribution in [0.15, 0.2) is 53.4 Å². The van der Waals surface area contributed by atoms with Crippen LogP contribution in [0, 0.1) is 6.92 Å². The Bertz CT molecular complexity index is 1050. The van der Waals surface area contributed by atoms with Crippen LogP contribution in [0.3, 0.4) is 0 Å². The van der Waals surface area contributed by atoms with Crippen LogP contribution in [0.5, 0.6) is 0 Å². The lowest BCUT2D eigenvalue weighted by Crippen LogP contribution is -2.65. The van der Waals surface area contributed by atoms with Crippen molar-refractivity contribution in [1.82, 2.24) is 4.90 Å². The number of carbonyl (C=O) groups excluding carboxylic acids is 1. The molecule has 0 bridgehead atoms. The Labute approximate surface area is 168 Å². The molecule has 0 saturated carbocycles.